The van der Waals surface area contributed by atoms with Gasteiger partial charge >= 0.3 is 0 Å². The predicted octanol–water partition coefficient (Wildman–Crippen LogP) is 3.84. The van der Waals surface area contributed by atoms with Crippen molar-refractivity contribution in [1.29, 1.82) is 0 Å². The molecule has 1 nitrogen and oxygen atoms in total. The third-order valence-corrected chi connectivity index (χ3v) is 2.78. The molecule has 0 amide bonds. The number of hydrogen-bond donors (Lipinski definition) is 0. The minimum Gasteiger partial charge on any atom is -0.345 e. The van der Waals surface area contributed by atoms with Crippen LogP contribution >= 0.6 is 11.6 Å². The van der Waals surface area contributed by atoms with Crippen LogP contribution in [0.4, 0.5) is 4.39 Å². The van der Waals surface area contributed by atoms with Crippen LogP contribution < -0.4 is 0 Å². The first kappa shape index (κ1) is 11.0. The number of likely N-dealkylation sites (N-methyl/N-ethyl adjacent to an activating group) is 1. The molecule has 1 aliphatic rings. The molecule has 0 saturated carbocycles. The largest absolute Gasteiger partial charge is 0.345 e. The standard InChI is InChI=1S/C13H11ClFN/c1-9-4-3-5-13(16(9)2)11-7-6-10(14)8-12(11)15/h3-8H,1H2,2H3. The Balaban J connectivity index is 2.48. The van der Waals surface area contributed by atoms with Gasteiger partial charge in [-0.2, -0.15) is 0 Å². The van der Waals surface area contributed by atoms with Crippen LogP contribution in [0.1, 0.15) is 5.56 Å². The summed E-state index contributed by atoms with van der Waals surface area (Å²) >= 11 is 5.72. The molecular weight excluding hydrogens is 225 g/mol. The molecule has 0 fully saturated rings. The van der Waals surface area contributed by atoms with Gasteiger partial charge in [-0.05, 0) is 30.4 Å². The number of nitrogens with zero attached hydrogens (tertiary/aromatic N) is 1. The summed E-state index contributed by atoms with van der Waals surface area (Å²) in [5.74, 6) is -0.325. The molecule has 0 radical (unpaired) electrons. The van der Waals surface area contributed by atoms with Crippen LogP contribution in [-0.4, -0.2) is 11.9 Å². The smallest absolute Gasteiger partial charge is 0.134 e. The van der Waals surface area contributed by atoms with Crippen molar-refractivity contribution in [3.8, 4) is 0 Å². The van der Waals surface area contributed by atoms with Gasteiger partial charge in [-0.25, -0.2) is 4.39 Å². The Bertz CT molecular complexity index is 503. The maximum absolute atomic E-state index is 13.7. The molecule has 0 bridgehead atoms. The number of allylic oxidation sites excluding steroid dienone is 3. The lowest BCUT2D eigenvalue weighted by Gasteiger charge is -2.25. The van der Waals surface area contributed by atoms with Crippen molar-refractivity contribution in [2.45, 2.75) is 0 Å². The van der Waals surface area contributed by atoms with Crippen molar-refractivity contribution < 1.29 is 4.39 Å². The zero-order valence-electron chi connectivity index (χ0n) is 8.87. The first-order valence-corrected chi connectivity index (χ1v) is 5.24. The highest BCUT2D eigenvalue weighted by Crippen LogP contribution is 2.28. The van der Waals surface area contributed by atoms with Crippen molar-refractivity contribution in [3.05, 3.63) is 65.1 Å². The Labute approximate surface area is 99.1 Å². The van der Waals surface area contributed by atoms with E-state index in [1.165, 1.54) is 6.07 Å². The summed E-state index contributed by atoms with van der Waals surface area (Å²) in [7, 11) is 1.85. The van der Waals surface area contributed by atoms with Crippen molar-refractivity contribution in [1.82, 2.24) is 4.90 Å². The lowest BCUT2D eigenvalue weighted by molar-refractivity contribution is 0.587. The first-order chi connectivity index (χ1) is 7.59. The second kappa shape index (κ2) is 4.14. The van der Waals surface area contributed by atoms with Gasteiger partial charge in [0.2, 0.25) is 0 Å². The van der Waals surface area contributed by atoms with Gasteiger partial charge in [0.15, 0.2) is 0 Å². The summed E-state index contributed by atoms with van der Waals surface area (Å²) in [6.45, 7) is 3.87. The van der Waals surface area contributed by atoms with Gasteiger partial charge < -0.3 is 4.90 Å². The van der Waals surface area contributed by atoms with E-state index in [0.29, 0.717) is 10.6 Å². The lowest BCUT2D eigenvalue weighted by atomic mass is 10.1. The molecule has 1 aromatic rings. The molecule has 0 unspecified atom stereocenters. The van der Waals surface area contributed by atoms with Gasteiger partial charge in [-0.15, -0.1) is 0 Å². The average Bonchev–Trinajstić information content (AvgIpc) is 2.23. The SMILES string of the molecule is C=C1C=CC=C(c2ccc(Cl)cc2F)N1C. The van der Waals surface area contributed by atoms with Crippen molar-refractivity contribution in [2.75, 3.05) is 7.05 Å². The van der Waals surface area contributed by atoms with Gasteiger partial charge in [0.1, 0.15) is 5.82 Å². The molecule has 16 heavy (non-hydrogen) atoms. The van der Waals surface area contributed by atoms with Crippen LogP contribution in [0.3, 0.4) is 0 Å². The van der Waals surface area contributed by atoms with Gasteiger partial charge in [-0.3, -0.25) is 0 Å². The summed E-state index contributed by atoms with van der Waals surface area (Å²) in [6.07, 6.45) is 5.57. The highest BCUT2D eigenvalue weighted by molar-refractivity contribution is 6.30. The molecule has 82 valence electrons. The van der Waals surface area contributed by atoms with Gasteiger partial charge in [0.25, 0.3) is 0 Å². The summed E-state index contributed by atoms with van der Waals surface area (Å²) in [5, 5.41) is 0.398. The fourth-order valence-corrected chi connectivity index (χ4v) is 1.76. The first-order valence-electron chi connectivity index (χ1n) is 4.86. The Kier molecular flexibility index (Phi) is 2.84. The van der Waals surface area contributed by atoms with Gasteiger partial charge in [0, 0.05) is 23.3 Å². The Hall–Kier alpha value is -1.54. The molecule has 0 atom stereocenters. The van der Waals surface area contributed by atoms with E-state index in [2.05, 4.69) is 6.58 Å². The minimum absolute atomic E-state index is 0.325. The van der Waals surface area contributed by atoms with E-state index in [9.17, 15) is 4.39 Å². The third kappa shape index (κ3) is 1.89. The summed E-state index contributed by atoms with van der Waals surface area (Å²) in [5.41, 5.74) is 2.13. The van der Waals surface area contributed by atoms with Crippen molar-refractivity contribution in [2.24, 2.45) is 0 Å². The van der Waals surface area contributed by atoms with Crippen LogP contribution in [0.2, 0.25) is 5.02 Å². The van der Waals surface area contributed by atoms with E-state index in [1.807, 2.05) is 30.2 Å². The number of hydrogen-bond acceptors (Lipinski definition) is 1. The Morgan fingerprint density at radius 3 is 2.81 bits per heavy atom. The molecule has 1 aliphatic heterocycles. The quantitative estimate of drug-likeness (QED) is 0.715. The number of rotatable bonds is 1. The van der Waals surface area contributed by atoms with Crippen molar-refractivity contribution in [3.63, 3.8) is 0 Å². The Morgan fingerprint density at radius 1 is 1.38 bits per heavy atom. The summed E-state index contributed by atoms with van der Waals surface area (Å²) in [4.78, 5) is 1.84. The van der Waals surface area contributed by atoms with Crippen LogP contribution in [-0.2, 0) is 0 Å². The maximum Gasteiger partial charge on any atom is 0.134 e. The zero-order chi connectivity index (χ0) is 11.7. The van der Waals surface area contributed by atoms with Crippen LogP contribution in [0.5, 0.6) is 0 Å². The molecule has 3 heteroatoms. The fraction of sp³-hybridized carbons (Fsp3) is 0.0769. The monoisotopic (exact) mass is 235 g/mol. The summed E-state index contributed by atoms with van der Waals surface area (Å²) in [6, 6.07) is 4.66. The molecule has 0 spiro atoms. The maximum atomic E-state index is 13.7. The molecule has 0 aromatic heterocycles. The third-order valence-electron chi connectivity index (χ3n) is 2.54. The zero-order valence-corrected chi connectivity index (χ0v) is 9.63. The topological polar surface area (TPSA) is 3.24 Å². The van der Waals surface area contributed by atoms with Crippen LogP contribution in [0.25, 0.3) is 5.70 Å². The second-order valence-electron chi connectivity index (χ2n) is 3.59. The highest BCUT2D eigenvalue weighted by Gasteiger charge is 2.15. The highest BCUT2D eigenvalue weighted by atomic mass is 35.5. The second-order valence-corrected chi connectivity index (χ2v) is 4.02. The van der Waals surface area contributed by atoms with Gasteiger partial charge in [0.05, 0.1) is 5.70 Å². The van der Waals surface area contributed by atoms with E-state index >= 15 is 0 Å². The Morgan fingerprint density at radius 2 is 2.12 bits per heavy atom. The minimum atomic E-state index is -0.325. The molecule has 0 N–H and O–H groups in total. The van der Waals surface area contributed by atoms with E-state index in [1.54, 1.807) is 12.1 Å². The molecule has 2 rings (SSSR count). The molecule has 1 aromatic carbocycles. The van der Waals surface area contributed by atoms with E-state index in [4.69, 9.17) is 11.6 Å². The number of halogens is 2. The molecule has 1 heterocycles. The summed E-state index contributed by atoms with van der Waals surface area (Å²) < 4.78 is 13.7. The van der Waals surface area contributed by atoms with E-state index < -0.39 is 0 Å². The number of benzene rings is 1. The van der Waals surface area contributed by atoms with Crippen LogP contribution in [0, 0.1) is 5.82 Å². The average molecular weight is 236 g/mol. The van der Waals surface area contributed by atoms with Crippen LogP contribution in [0.15, 0.2) is 48.7 Å². The lowest BCUT2D eigenvalue weighted by Crippen LogP contribution is -2.17. The van der Waals surface area contributed by atoms with E-state index in [-0.39, 0.29) is 5.82 Å². The van der Waals surface area contributed by atoms with Crippen molar-refractivity contribution >= 4 is 17.3 Å². The normalized spacial score (nSPS) is 15.3. The molecule has 0 saturated heterocycles. The van der Waals surface area contributed by atoms with Gasteiger partial charge in [-0.1, -0.05) is 24.3 Å². The predicted molar refractivity (Wildman–Crippen MR) is 65.4 cm³/mol. The molecule has 0 aliphatic carbocycles. The molecular formula is C13H11ClFN. The fourth-order valence-electron chi connectivity index (χ4n) is 1.60. The van der Waals surface area contributed by atoms with E-state index in [0.717, 1.165) is 11.4 Å².